The van der Waals surface area contributed by atoms with Gasteiger partial charge in [0.25, 0.3) is 0 Å². The Bertz CT molecular complexity index is 369. The molecule has 1 nitrogen and oxygen atoms in total. The highest BCUT2D eigenvalue weighted by atomic mass is 15.0. The van der Waals surface area contributed by atoms with Gasteiger partial charge in [0.1, 0.15) is 0 Å². The third kappa shape index (κ3) is 1.31. The van der Waals surface area contributed by atoms with E-state index < -0.39 is 0 Å². The molecule has 14 heavy (non-hydrogen) atoms. The summed E-state index contributed by atoms with van der Waals surface area (Å²) in [6.45, 7) is 7.82. The molecule has 0 unspecified atom stereocenters. The van der Waals surface area contributed by atoms with Gasteiger partial charge in [-0.3, -0.25) is 0 Å². The summed E-state index contributed by atoms with van der Waals surface area (Å²) in [6.07, 6.45) is 5.96. The van der Waals surface area contributed by atoms with Gasteiger partial charge in [-0.2, -0.15) is 0 Å². The zero-order chi connectivity index (χ0) is 10.1. The highest BCUT2D eigenvalue weighted by Crippen LogP contribution is 2.28. The lowest BCUT2D eigenvalue weighted by Crippen LogP contribution is -1.99. The Kier molecular flexibility index (Phi) is 2.49. The SMILES string of the molecule is C/C=C(/C)c1cc2n(c1CC)CCC2. The number of allylic oxidation sites excluding steroid dienone is 2. The summed E-state index contributed by atoms with van der Waals surface area (Å²) in [5.74, 6) is 0. The normalized spacial score (nSPS) is 16.1. The quantitative estimate of drug-likeness (QED) is 0.672. The van der Waals surface area contributed by atoms with E-state index in [1.165, 1.54) is 41.9 Å². The molecule has 1 heteroatoms. The van der Waals surface area contributed by atoms with Crippen LogP contribution in [0.25, 0.3) is 5.57 Å². The lowest BCUT2D eigenvalue weighted by Gasteiger charge is -2.07. The van der Waals surface area contributed by atoms with Crippen LogP contribution in [-0.4, -0.2) is 4.57 Å². The molecule has 1 aliphatic rings. The van der Waals surface area contributed by atoms with Gasteiger partial charge < -0.3 is 4.57 Å². The van der Waals surface area contributed by atoms with Crippen molar-refractivity contribution in [1.82, 2.24) is 4.57 Å². The van der Waals surface area contributed by atoms with Crippen LogP contribution in [0.4, 0.5) is 0 Å². The van der Waals surface area contributed by atoms with Gasteiger partial charge in [0.15, 0.2) is 0 Å². The molecule has 0 fully saturated rings. The Hall–Kier alpha value is -0.980. The Morgan fingerprint density at radius 3 is 3.00 bits per heavy atom. The van der Waals surface area contributed by atoms with Crippen molar-refractivity contribution in [3.05, 3.63) is 29.1 Å². The summed E-state index contributed by atoms with van der Waals surface area (Å²) in [7, 11) is 0. The molecular weight excluding hydrogens is 170 g/mol. The predicted octanol–water partition coefficient (Wildman–Crippen LogP) is 3.42. The summed E-state index contributed by atoms with van der Waals surface area (Å²) in [6, 6.07) is 2.39. The monoisotopic (exact) mass is 189 g/mol. The molecule has 0 aliphatic carbocycles. The van der Waals surface area contributed by atoms with Crippen LogP contribution in [0.1, 0.15) is 44.1 Å². The van der Waals surface area contributed by atoms with Gasteiger partial charge in [-0.1, -0.05) is 13.0 Å². The number of nitrogens with zero attached hydrogens (tertiary/aromatic N) is 1. The van der Waals surface area contributed by atoms with Gasteiger partial charge in [-0.25, -0.2) is 0 Å². The summed E-state index contributed by atoms with van der Waals surface area (Å²) in [5, 5.41) is 0. The van der Waals surface area contributed by atoms with Crippen LogP contribution in [0, 0.1) is 0 Å². The van der Waals surface area contributed by atoms with Crippen LogP contribution in [0.3, 0.4) is 0 Å². The fourth-order valence-electron chi connectivity index (χ4n) is 2.43. The first-order valence-corrected chi connectivity index (χ1v) is 5.62. The smallest absolute Gasteiger partial charge is 0.0249 e. The first-order valence-electron chi connectivity index (χ1n) is 5.62. The summed E-state index contributed by atoms with van der Waals surface area (Å²) in [4.78, 5) is 0. The van der Waals surface area contributed by atoms with E-state index in [1.54, 1.807) is 0 Å². The van der Waals surface area contributed by atoms with Crippen LogP contribution < -0.4 is 0 Å². The van der Waals surface area contributed by atoms with Crippen LogP contribution >= 0.6 is 0 Å². The lowest BCUT2D eigenvalue weighted by molar-refractivity contribution is 0.710. The predicted molar refractivity (Wildman–Crippen MR) is 61.5 cm³/mol. The fraction of sp³-hybridized carbons (Fsp3) is 0.538. The van der Waals surface area contributed by atoms with Crippen LogP contribution in [0.2, 0.25) is 0 Å². The van der Waals surface area contributed by atoms with Gasteiger partial charge in [0.2, 0.25) is 0 Å². The molecule has 76 valence electrons. The van der Waals surface area contributed by atoms with E-state index in [9.17, 15) is 0 Å². The van der Waals surface area contributed by atoms with E-state index in [4.69, 9.17) is 0 Å². The molecule has 0 saturated carbocycles. The molecule has 1 aliphatic heterocycles. The maximum Gasteiger partial charge on any atom is 0.0249 e. The number of hydrogen-bond donors (Lipinski definition) is 0. The van der Waals surface area contributed by atoms with Crippen LogP contribution in [-0.2, 0) is 19.4 Å². The Morgan fingerprint density at radius 2 is 2.36 bits per heavy atom. The van der Waals surface area contributed by atoms with Crippen molar-refractivity contribution < 1.29 is 0 Å². The lowest BCUT2D eigenvalue weighted by atomic mass is 10.1. The van der Waals surface area contributed by atoms with Gasteiger partial charge in [-0.05, 0) is 50.3 Å². The largest absolute Gasteiger partial charge is 0.348 e. The molecule has 0 spiro atoms. The van der Waals surface area contributed by atoms with E-state index in [0.717, 1.165) is 6.42 Å². The molecule has 0 bridgehead atoms. The maximum atomic E-state index is 2.52. The zero-order valence-electron chi connectivity index (χ0n) is 9.43. The molecular formula is C13H19N. The molecule has 1 aromatic heterocycles. The van der Waals surface area contributed by atoms with Gasteiger partial charge >= 0.3 is 0 Å². The Labute approximate surface area is 86.4 Å². The molecule has 0 atom stereocenters. The van der Waals surface area contributed by atoms with Crippen molar-refractivity contribution in [2.24, 2.45) is 0 Å². The zero-order valence-corrected chi connectivity index (χ0v) is 9.43. The molecule has 0 radical (unpaired) electrons. The molecule has 0 N–H and O–H groups in total. The third-order valence-corrected chi connectivity index (χ3v) is 3.30. The highest BCUT2D eigenvalue weighted by molar-refractivity contribution is 5.66. The molecule has 0 aromatic carbocycles. The number of aryl methyl sites for hydroxylation is 1. The van der Waals surface area contributed by atoms with E-state index in [0.29, 0.717) is 0 Å². The van der Waals surface area contributed by atoms with Crippen molar-refractivity contribution >= 4 is 5.57 Å². The average Bonchev–Trinajstić information content (AvgIpc) is 2.74. The minimum absolute atomic E-state index is 1.15. The number of aromatic nitrogens is 1. The second kappa shape index (κ2) is 3.64. The minimum atomic E-state index is 1.15. The number of hydrogen-bond acceptors (Lipinski definition) is 0. The van der Waals surface area contributed by atoms with Crippen molar-refractivity contribution in [1.29, 1.82) is 0 Å². The van der Waals surface area contributed by atoms with Gasteiger partial charge in [-0.15, -0.1) is 0 Å². The van der Waals surface area contributed by atoms with E-state index >= 15 is 0 Å². The molecule has 2 heterocycles. The van der Waals surface area contributed by atoms with Crippen LogP contribution in [0.5, 0.6) is 0 Å². The second-order valence-electron chi connectivity index (χ2n) is 4.08. The number of rotatable bonds is 2. The Balaban J connectivity index is 2.52. The van der Waals surface area contributed by atoms with E-state index in [1.807, 2.05) is 0 Å². The van der Waals surface area contributed by atoms with Crippen molar-refractivity contribution in [3.63, 3.8) is 0 Å². The third-order valence-electron chi connectivity index (χ3n) is 3.30. The Morgan fingerprint density at radius 1 is 1.57 bits per heavy atom. The summed E-state index contributed by atoms with van der Waals surface area (Å²) < 4.78 is 2.52. The summed E-state index contributed by atoms with van der Waals surface area (Å²) in [5.41, 5.74) is 5.97. The standard InChI is InChI=1S/C13H19N/c1-4-10(3)12-9-11-7-6-8-14(11)13(12)5-2/h4,9H,5-8H2,1-3H3/b10-4-. The molecule has 0 saturated heterocycles. The summed E-state index contributed by atoms with van der Waals surface area (Å²) >= 11 is 0. The van der Waals surface area contributed by atoms with Crippen molar-refractivity contribution in [3.8, 4) is 0 Å². The van der Waals surface area contributed by atoms with Crippen LogP contribution in [0.15, 0.2) is 12.1 Å². The van der Waals surface area contributed by atoms with E-state index in [2.05, 4.69) is 37.5 Å². The molecule has 2 rings (SSSR count). The van der Waals surface area contributed by atoms with E-state index in [-0.39, 0.29) is 0 Å². The van der Waals surface area contributed by atoms with Gasteiger partial charge in [0, 0.05) is 17.9 Å². The van der Waals surface area contributed by atoms with Gasteiger partial charge in [0.05, 0.1) is 0 Å². The average molecular weight is 189 g/mol. The van der Waals surface area contributed by atoms with Crippen molar-refractivity contribution in [2.45, 2.75) is 46.6 Å². The second-order valence-corrected chi connectivity index (χ2v) is 4.08. The minimum Gasteiger partial charge on any atom is -0.348 e. The first-order chi connectivity index (χ1) is 6.77. The first kappa shape index (κ1) is 9.57. The topological polar surface area (TPSA) is 4.93 Å². The fourth-order valence-corrected chi connectivity index (χ4v) is 2.43. The van der Waals surface area contributed by atoms with Crippen molar-refractivity contribution in [2.75, 3.05) is 0 Å². The molecule has 0 amide bonds. The molecule has 1 aromatic rings. The highest BCUT2D eigenvalue weighted by Gasteiger charge is 2.17. The maximum absolute atomic E-state index is 2.52. The number of fused-ring (bicyclic) bond motifs is 1.